The molecule has 1 aromatic heterocycles. The molecule has 2 heterocycles. The first-order valence-electron chi connectivity index (χ1n) is 6.53. The minimum Gasteiger partial charge on any atom is -0.361 e. The number of hydrogen-bond acceptors (Lipinski definition) is 4. The van der Waals surface area contributed by atoms with Crippen molar-refractivity contribution < 1.29 is 12.9 Å². The van der Waals surface area contributed by atoms with Crippen molar-refractivity contribution in [3.63, 3.8) is 0 Å². The summed E-state index contributed by atoms with van der Waals surface area (Å²) in [7, 11) is -3.15. The molecule has 0 aromatic carbocycles. The quantitative estimate of drug-likeness (QED) is 0.823. The van der Waals surface area contributed by atoms with Gasteiger partial charge in [0.2, 0.25) is 10.0 Å². The number of nitrogens with zero attached hydrogens (tertiary/aromatic N) is 2. The zero-order valence-corrected chi connectivity index (χ0v) is 11.7. The van der Waals surface area contributed by atoms with Gasteiger partial charge in [0.25, 0.3) is 0 Å². The molecule has 6 heteroatoms. The van der Waals surface area contributed by atoms with E-state index >= 15 is 0 Å². The van der Waals surface area contributed by atoms with Crippen LogP contribution in [0.1, 0.15) is 50.6 Å². The fraction of sp³-hybridized carbons (Fsp3) is 0.750. The normalized spacial score (nSPS) is 21.6. The summed E-state index contributed by atoms with van der Waals surface area (Å²) >= 11 is 0. The Morgan fingerprint density at radius 2 is 2.28 bits per heavy atom. The van der Waals surface area contributed by atoms with Crippen molar-refractivity contribution in [3.8, 4) is 0 Å². The van der Waals surface area contributed by atoms with Crippen molar-refractivity contribution in [1.82, 2.24) is 9.46 Å². The van der Waals surface area contributed by atoms with Crippen LogP contribution < -0.4 is 0 Å². The molecule has 1 aromatic rings. The molecule has 0 radical (unpaired) electrons. The van der Waals surface area contributed by atoms with Gasteiger partial charge in [-0.2, -0.15) is 4.31 Å². The molecule has 1 aliphatic heterocycles. The van der Waals surface area contributed by atoms with Crippen molar-refractivity contribution in [2.24, 2.45) is 0 Å². The fourth-order valence-corrected chi connectivity index (χ4v) is 3.72. The third-order valence-electron chi connectivity index (χ3n) is 3.34. The Morgan fingerprint density at radius 3 is 2.94 bits per heavy atom. The molecule has 2 rings (SSSR count). The highest BCUT2D eigenvalue weighted by Crippen LogP contribution is 2.34. The van der Waals surface area contributed by atoms with E-state index in [1.165, 1.54) is 0 Å². The molecule has 0 unspecified atom stereocenters. The molecular weight excluding hydrogens is 252 g/mol. The molecule has 0 amide bonds. The molecule has 102 valence electrons. The van der Waals surface area contributed by atoms with Crippen LogP contribution in [0.5, 0.6) is 0 Å². The molecule has 1 atom stereocenters. The van der Waals surface area contributed by atoms with Gasteiger partial charge in [-0.05, 0) is 26.2 Å². The van der Waals surface area contributed by atoms with Crippen LogP contribution in [0, 0.1) is 0 Å². The fourth-order valence-electron chi connectivity index (χ4n) is 2.38. The highest BCUT2D eigenvalue weighted by molar-refractivity contribution is 7.89. The maximum atomic E-state index is 12.0. The maximum absolute atomic E-state index is 12.0. The third kappa shape index (κ3) is 2.59. The zero-order valence-electron chi connectivity index (χ0n) is 10.9. The molecule has 5 nitrogen and oxygen atoms in total. The van der Waals surface area contributed by atoms with E-state index in [9.17, 15) is 8.42 Å². The second kappa shape index (κ2) is 5.40. The summed E-state index contributed by atoms with van der Waals surface area (Å²) in [5, 5.41) is 4.03. The summed E-state index contributed by atoms with van der Waals surface area (Å²) in [4.78, 5) is 0. The van der Waals surface area contributed by atoms with Gasteiger partial charge in [-0.15, -0.1) is 0 Å². The van der Waals surface area contributed by atoms with Crippen molar-refractivity contribution >= 4 is 10.0 Å². The Balaban J connectivity index is 2.20. The van der Waals surface area contributed by atoms with Crippen molar-refractivity contribution in [3.05, 3.63) is 17.5 Å². The first-order valence-corrected chi connectivity index (χ1v) is 8.14. The van der Waals surface area contributed by atoms with Gasteiger partial charge in [-0.1, -0.05) is 12.1 Å². The van der Waals surface area contributed by atoms with Crippen LogP contribution in [0.15, 0.2) is 10.6 Å². The van der Waals surface area contributed by atoms with Crippen LogP contribution in [-0.2, 0) is 16.4 Å². The molecule has 0 spiro atoms. The minimum atomic E-state index is -3.15. The van der Waals surface area contributed by atoms with Gasteiger partial charge >= 0.3 is 0 Å². The maximum Gasteiger partial charge on any atom is 0.214 e. The van der Waals surface area contributed by atoms with Crippen LogP contribution in [0.3, 0.4) is 0 Å². The lowest BCUT2D eigenvalue weighted by atomic mass is 10.1. The van der Waals surface area contributed by atoms with E-state index in [-0.39, 0.29) is 11.8 Å². The van der Waals surface area contributed by atoms with E-state index in [1.54, 1.807) is 11.2 Å². The second-order valence-electron chi connectivity index (χ2n) is 4.64. The average Bonchev–Trinajstić information content (AvgIpc) is 2.96. The number of aromatic nitrogens is 1. The van der Waals surface area contributed by atoms with Gasteiger partial charge in [0, 0.05) is 19.0 Å². The first-order chi connectivity index (χ1) is 8.58. The van der Waals surface area contributed by atoms with Gasteiger partial charge in [0.15, 0.2) is 0 Å². The van der Waals surface area contributed by atoms with Crippen LogP contribution in [-0.4, -0.2) is 30.2 Å². The van der Waals surface area contributed by atoms with E-state index in [0.29, 0.717) is 6.54 Å². The molecule has 0 N–H and O–H groups in total. The zero-order chi connectivity index (χ0) is 13.2. The molecule has 1 saturated heterocycles. The highest BCUT2D eigenvalue weighted by Gasteiger charge is 2.35. The van der Waals surface area contributed by atoms with Crippen molar-refractivity contribution in [1.29, 1.82) is 0 Å². The van der Waals surface area contributed by atoms with Gasteiger partial charge in [-0.3, -0.25) is 0 Å². The second-order valence-corrected chi connectivity index (χ2v) is 6.85. The standard InChI is InChI=1S/C12H20N2O3S/c1-3-6-10-9-11(13-17-10)12-7-5-8-14(12)18(15,16)4-2/h9,12H,3-8H2,1-2H3/t12-/m0/s1. The van der Waals surface area contributed by atoms with Crippen molar-refractivity contribution in [2.45, 2.75) is 45.6 Å². The number of sulfonamides is 1. The summed E-state index contributed by atoms with van der Waals surface area (Å²) in [5.74, 6) is 0.983. The van der Waals surface area contributed by atoms with Gasteiger partial charge in [0.1, 0.15) is 11.5 Å². The monoisotopic (exact) mass is 272 g/mol. The molecule has 18 heavy (non-hydrogen) atoms. The number of rotatable bonds is 5. The smallest absolute Gasteiger partial charge is 0.214 e. The van der Waals surface area contributed by atoms with Crippen LogP contribution in [0.4, 0.5) is 0 Å². The van der Waals surface area contributed by atoms with Gasteiger partial charge in [0.05, 0.1) is 11.8 Å². The summed E-state index contributed by atoms with van der Waals surface area (Å²) in [6.07, 6.45) is 3.56. The van der Waals surface area contributed by atoms with E-state index in [0.717, 1.165) is 37.1 Å². The number of aryl methyl sites for hydroxylation is 1. The average molecular weight is 272 g/mol. The number of hydrogen-bond donors (Lipinski definition) is 0. The predicted octanol–water partition coefficient (Wildman–Crippen LogP) is 2.11. The molecular formula is C12H20N2O3S. The first kappa shape index (κ1) is 13.5. The predicted molar refractivity (Wildman–Crippen MR) is 68.6 cm³/mol. The Hall–Kier alpha value is -0.880. The highest BCUT2D eigenvalue weighted by atomic mass is 32.2. The van der Waals surface area contributed by atoms with E-state index in [4.69, 9.17) is 4.52 Å². The Kier molecular flexibility index (Phi) is 4.07. The third-order valence-corrected chi connectivity index (χ3v) is 5.22. The molecule has 0 aliphatic carbocycles. The summed E-state index contributed by atoms with van der Waals surface area (Å²) in [6.45, 7) is 4.35. The molecule has 1 aliphatic rings. The van der Waals surface area contributed by atoms with Gasteiger partial charge in [-0.25, -0.2) is 8.42 Å². The minimum absolute atomic E-state index is 0.135. The van der Waals surface area contributed by atoms with E-state index < -0.39 is 10.0 Å². The lowest BCUT2D eigenvalue weighted by Crippen LogP contribution is -2.32. The summed E-state index contributed by atoms with van der Waals surface area (Å²) in [6, 6.07) is 1.77. The summed E-state index contributed by atoms with van der Waals surface area (Å²) in [5.41, 5.74) is 0.757. The SMILES string of the molecule is CCCc1cc([C@@H]2CCCN2S(=O)(=O)CC)no1. The lowest BCUT2D eigenvalue weighted by Gasteiger charge is -2.21. The van der Waals surface area contributed by atoms with Gasteiger partial charge < -0.3 is 4.52 Å². The topological polar surface area (TPSA) is 63.4 Å². The largest absolute Gasteiger partial charge is 0.361 e. The molecule has 1 fully saturated rings. The Bertz CT molecular complexity index is 495. The molecule has 0 bridgehead atoms. The Labute approximate surface area is 108 Å². The van der Waals surface area contributed by atoms with E-state index in [1.807, 2.05) is 6.07 Å². The van der Waals surface area contributed by atoms with Crippen LogP contribution in [0.25, 0.3) is 0 Å². The van der Waals surface area contributed by atoms with Crippen LogP contribution in [0.2, 0.25) is 0 Å². The van der Waals surface area contributed by atoms with E-state index in [2.05, 4.69) is 12.1 Å². The van der Waals surface area contributed by atoms with Crippen molar-refractivity contribution in [2.75, 3.05) is 12.3 Å². The van der Waals surface area contributed by atoms with Crippen LogP contribution >= 0.6 is 0 Å². The Morgan fingerprint density at radius 1 is 1.50 bits per heavy atom. The molecule has 0 saturated carbocycles. The summed E-state index contributed by atoms with van der Waals surface area (Å²) < 4.78 is 30.8. The lowest BCUT2D eigenvalue weighted by molar-refractivity contribution is 0.344.